The molecular weight excluding hydrogens is 430 g/mol. The van der Waals surface area contributed by atoms with Gasteiger partial charge in [0.15, 0.2) is 0 Å². The van der Waals surface area contributed by atoms with Gasteiger partial charge in [-0.2, -0.15) is 0 Å². The number of benzene rings is 2. The molecule has 2 aromatic carbocycles. The van der Waals surface area contributed by atoms with Gasteiger partial charge in [0, 0.05) is 37.4 Å². The number of nitrogens with two attached hydrogens (primary N) is 2. The highest BCUT2D eigenvalue weighted by molar-refractivity contribution is 5.93. The van der Waals surface area contributed by atoms with E-state index in [0.717, 1.165) is 11.1 Å². The van der Waals surface area contributed by atoms with Crippen LogP contribution in [0.15, 0.2) is 48.5 Å². The number of primary amides is 2. The predicted molar refractivity (Wildman–Crippen MR) is 119 cm³/mol. The molecule has 33 heavy (non-hydrogen) atoms. The van der Waals surface area contributed by atoms with E-state index >= 15 is 0 Å². The lowest BCUT2D eigenvalue weighted by molar-refractivity contribution is -0.385. The quantitative estimate of drug-likeness (QED) is 0.404. The summed E-state index contributed by atoms with van der Waals surface area (Å²) in [4.78, 5) is 47.6. The van der Waals surface area contributed by atoms with E-state index in [1.165, 1.54) is 24.3 Å². The van der Waals surface area contributed by atoms with Gasteiger partial charge in [-0.05, 0) is 36.8 Å². The second-order valence-electron chi connectivity index (χ2n) is 8.12. The molecule has 3 rings (SSSR count). The summed E-state index contributed by atoms with van der Waals surface area (Å²) in [6.07, 6.45) is 1.49. The molecule has 0 radical (unpaired) electrons. The van der Waals surface area contributed by atoms with E-state index in [4.69, 9.17) is 11.5 Å². The van der Waals surface area contributed by atoms with Crippen LogP contribution in [0.4, 0.5) is 11.4 Å². The van der Waals surface area contributed by atoms with Crippen LogP contribution in [0.25, 0.3) is 0 Å². The average molecular weight is 455 g/mol. The van der Waals surface area contributed by atoms with Crippen LogP contribution in [0.5, 0.6) is 0 Å². The smallest absolute Gasteiger partial charge is 0.269 e. The number of hydrogen-bond donors (Lipinski definition) is 2. The molecule has 1 saturated heterocycles. The van der Waals surface area contributed by atoms with Gasteiger partial charge in [0.05, 0.1) is 15.8 Å². The molecule has 0 saturated carbocycles. The Balaban J connectivity index is 1.80. The Morgan fingerprint density at radius 2 is 1.39 bits per heavy atom. The van der Waals surface area contributed by atoms with Gasteiger partial charge in [-0.1, -0.05) is 24.3 Å². The Labute approximate surface area is 189 Å². The molecule has 0 bridgehead atoms. The fourth-order valence-electron chi connectivity index (χ4n) is 4.58. The van der Waals surface area contributed by atoms with Crippen molar-refractivity contribution in [3.63, 3.8) is 0 Å². The van der Waals surface area contributed by atoms with E-state index in [9.17, 15) is 29.8 Å². The topological polar surface area (TPSA) is 176 Å². The standard InChI is InChI=1S/C22H25N5O6/c23-20(28)19-11-14-25(13-10-16-3-7-18(8-4-16)27(32)33)22(19,21(24)29)12-9-15-1-5-17(6-2-15)26(30)31/h1-8,19H,9-14H2,(H2,23,28)(H2,24,29). The van der Waals surface area contributed by atoms with E-state index in [1.54, 1.807) is 24.3 Å². The molecule has 2 amide bonds. The van der Waals surface area contributed by atoms with E-state index in [1.807, 2.05) is 4.90 Å². The Morgan fingerprint density at radius 1 is 0.909 bits per heavy atom. The Bertz CT molecular complexity index is 1060. The molecule has 11 heteroatoms. The van der Waals surface area contributed by atoms with Gasteiger partial charge in [-0.25, -0.2) is 0 Å². The molecule has 11 nitrogen and oxygen atoms in total. The first kappa shape index (κ1) is 23.8. The number of nitro benzene ring substituents is 2. The van der Waals surface area contributed by atoms with Gasteiger partial charge >= 0.3 is 0 Å². The lowest BCUT2D eigenvalue weighted by Gasteiger charge is -2.39. The number of hydrogen-bond acceptors (Lipinski definition) is 7. The van der Waals surface area contributed by atoms with Crippen LogP contribution in [0, 0.1) is 26.1 Å². The van der Waals surface area contributed by atoms with Crippen LogP contribution in [-0.4, -0.2) is 45.2 Å². The summed E-state index contributed by atoms with van der Waals surface area (Å²) in [6.45, 7) is 0.856. The SMILES string of the molecule is NC(=O)C1CCN(CCc2ccc([N+](=O)[O-])cc2)C1(CCc1ccc([N+](=O)[O-])cc1)C(N)=O. The zero-order valence-corrected chi connectivity index (χ0v) is 17.9. The number of non-ortho nitro benzene ring substituents is 2. The predicted octanol–water partition coefficient (Wildman–Crippen LogP) is 1.71. The molecular formula is C22H25N5O6. The highest BCUT2D eigenvalue weighted by Gasteiger charge is 2.54. The molecule has 1 heterocycles. The summed E-state index contributed by atoms with van der Waals surface area (Å²) in [7, 11) is 0. The third kappa shape index (κ3) is 4.98. The van der Waals surface area contributed by atoms with Crippen molar-refractivity contribution in [3.05, 3.63) is 79.9 Å². The van der Waals surface area contributed by atoms with Crippen molar-refractivity contribution in [2.75, 3.05) is 13.1 Å². The maximum Gasteiger partial charge on any atom is 0.269 e. The number of aryl methyl sites for hydroxylation is 1. The van der Waals surface area contributed by atoms with Gasteiger partial charge in [0.25, 0.3) is 11.4 Å². The average Bonchev–Trinajstić information content (AvgIpc) is 3.16. The van der Waals surface area contributed by atoms with E-state index in [2.05, 4.69) is 0 Å². The lowest BCUT2D eigenvalue weighted by Crippen LogP contribution is -2.60. The van der Waals surface area contributed by atoms with Crippen LogP contribution in [0.1, 0.15) is 24.0 Å². The van der Waals surface area contributed by atoms with Crippen molar-refractivity contribution in [2.45, 2.75) is 31.2 Å². The van der Waals surface area contributed by atoms with Crippen molar-refractivity contribution in [2.24, 2.45) is 17.4 Å². The summed E-state index contributed by atoms with van der Waals surface area (Å²) < 4.78 is 0. The number of carbonyl (C=O) groups is 2. The minimum atomic E-state index is -1.28. The number of likely N-dealkylation sites (tertiary alicyclic amines) is 1. The van der Waals surface area contributed by atoms with Crippen molar-refractivity contribution in [1.29, 1.82) is 0 Å². The van der Waals surface area contributed by atoms with E-state index in [-0.39, 0.29) is 17.8 Å². The summed E-state index contributed by atoms with van der Waals surface area (Å²) >= 11 is 0. The van der Waals surface area contributed by atoms with Gasteiger partial charge in [-0.3, -0.25) is 34.7 Å². The molecule has 1 aliphatic heterocycles. The third-order valence-corrected chi connectivity index (χ3v) is 6.36. The molecule has 2 unspecified atom stereocenters. The first-order chi connectivity index (χ1) is 15.6. The first-order valence-electron chi connectivity index (χ1n) is 10.5. The summed E-state index contributed by atoms with van der Waals surface area (Å²) in [6, 6.07) is 12.1. The number of nitro groups is 2. The minimum Gasteiger partial charge on any atom is -0.369 e. The highest BCUT2D eigenvalue weighted by atomic mass is 16.6. The number of nitrogens with zero attached hydrogens (tertiary/aromatic N) is 3. The van der Waals surface area contributed by atoms with Crippen LogP contribution in [0.2, 0.25) is 0 Å². The zero-order valence-electron chi connectivity index (χ0n) is 17.9. The Kier molecular flexibility index (Phi) is 7.02. The van der Waals surface area contributed by atoms with Crippen molar-refractivity contribution >= 4 is 23.2 Å². The molecule has 0 aromatic heterocycles. The molecule has 1 fully saturated rings. The second-order valence-corrected chi connectivity index (χ2v) is 8.12. The van der Waals surface area contributed by atoms with E-state index < -0.39 is 33.1 Å². The van der Waals surface area contributed by atoms with Crippen molar-refractivity contribution in [3.8, 4) is 0 Å². The van der Waals surface area contributed by atoms with Gasteiger partial charge < -0.3 is 11.5 Å². The van der Waals surface area contributed by atoms with Gasteiger partial charge in [0.1, 0.15) is 5.54 Å². The molecule has 1 aliphatic rings. The van der Waals surface area contributed by atoms with Crippen molar-refractivity contribution < 1.29 is 19.4 Å². The molecule has 0 spiro atoms. The normalized spacial score (nSPS) is 20.4. The third-order valence-electron chi connectivity index (χ3n) is 6.36. The lowest BCUT2D eigenvalue weighted by atomic mass is 9.78. The Morgan fingerprint density at radius 3 is 1.82 bits per heavy atom. The maximum absolute atomic E-state index is 12.8. The molecule has 2 atom stereocenters. The van der Waals surface area contributed by atoms with Crippen LogP contribution >= 0.6 is 0 Å². The summed E-state index contributed by atoms with van der Waals surface area (Å²) in [5.74, 6) is -2.00. The summed E-state index contributed by atoms with van der Waals surface area (Å²) in [5, 5.41) is 21.7. The first-order valence-corrected chi connectivity index (χ1v) is 10.5. The summed E-state index contributed by atoms with van der Waals surface area (Å²) in [5.41, 5.74) is 11.8. The fraction of sp³-hybridized carbons (Fsp3) is 0.364. The Hall–Kier alpha value is -3.86. The number of rotatable bonds is 10. The molecule has 2 aromatic rings. The maximum atomic E-state index is 12.8. The van der Waals surface area contributed by atoms with Crippen LogP contribution < -0.4 is 11.5 Å². The van der Waals surface area contributed by atoms with Crippen molar-refractivity contribution in [1.82, 2.24) is 4.90 Å². The van der Waals surface area contributed by atoms with Crippen LogP contribution in [-0.2, 0) is 22.4 Å². The van der Waals surface area contributed by atoms with Crippen LogP contribution in [0.3, 0.4) is 0 Å². The monoisotopic (exact) mass is 455 g/mol. The second kappa shape index (κ2) is 9.74. The fourth-order valence-corrected chi connectivity index (χ4v) is 4.58. The molecule has 0 aliphatic carbocycles. The van der Waals surface area contributed by atoms with E-state index in [0.29, 0.717) is 32.4 Å². The van der Waals surface area contributed by atoms with Gasteiger partial charge in [-0.15, -0.1) is 0 Å². The molecule has 174 valence electrons. The number of carbonyl (C=O) groups excluding carboxylic acids is 2. The zero-order chi connectivity index (χ0) is 24.2. The number of amides is 2. The van der Waals surface area contributed by atoms with Gasteiger partial charge in [0.2, 0.25) is 11.8 Å². The highest BCUT2D eigenvalue weighted by Crippen LogP contribution is 2.39. The largest absolute Gasteiger partial charge is 0.369 e. The molecule has 4 N–H and O–H groups in total. The minimum absolute atomic E-state index is 0.0108.